The number of amides is 1. The first kappa shape index (κ1) is 18.0. The predicted octanol–water partition coefficient (Wildman–Crippen LogP) is 0.448. The van der Waals surface area contributed by atoms with Crippen molar-refractivity contribution in [1.29, 1.82) is 5.26 Å². The molecule has 8 heteroatoms. The van der Waals surface area contributed by atoms with Gasteiger partial charge in [-0.15, -0.1) is 0 Å². The Morgan fingerprint density at radius 2 is 2.09 bits per heavy atom. The summed E-state index contributed by atoms with van der Waals surface area (Å²) in [6, 6.07) is 1.19. The van der Waals surface area contributed by atoms with Crippen LogP contribution >= 0.6 is 11.8 Å². The standard InChI is InChI=1S/C15H23N3O4S/c1-5-18(6-2,8-7-16)15(4)11(14(21)22)17-12(20)10(9(3)19)13(17)23-15/h9-11,13,19H,5-6,8H2,1-4H3/p+1/t9-,10+,11?,13-,15?/m1/s1. The molecule has 2 fully saturated rings. The largest absolute Gasteiger partial charge is 0.479 e. The van der Waals surface area contributed by atoms with Crippen molar-refractivity contribution in [2.24, 2.45) is 5.92 Å². The Labute approximate surface area is 140 Å². The van der Waals surface area contributed by atoms with Gasteiger partial charge < -0.3 is 15.1 Å². The summed E-state index contributed by atoms with van der Waals surface area (Å²) in [6.07, 6.45) is -0.811. The number of carbonyl (C=O) groups excluding carboxylic acids is 1. The quantitative estimate of drug-likeness (QED) is 0.413. The van der Waals surface area contributed by atoms with E-state index in [1.54, 1.807) is 6.92 Å². The minimum Gasteiger partial charge on any atom is -0.479 e. The fourth-order valence-corrected chi connectivity index (χ4v) is 6.22. The average molecular weight is 342 g/mol. The van der Waals surface area contributed by atoms with Gasteiger partial charge in [-0.05, 0) is 20.8 Å². The molecule has 7 nitrogen and oxygen atoms in total. The first-order valence-electron chi connectivity index (χ1n) is 7.84. The SMILES string of the molecule is CC[N+](CC)(CC#N)C1(C)S[C@@H]2[C@@H]([C@@H](C)O)C(=O)N2C1C(=O)O. The minimum atomic E-state index is -1.05. The summed E-state index contributed by atoms with van der Waals surface area (Å²) in [5.74, 6) is -1.93. The Hall–Kier alpha value is -1.30. The second-order valence-electron chi connectivity index (χ2n) is 6.41. The number of hydrogen-bond donors (Lipinski definition) is 2. The molecule has 2 N–H and O–H groups in total. The molecule has 1 amide bonds. The molecule has 0 spiro atoms. The first-order valence-corrected chi connectivity index (χ1v) is 8.72. The number of aliphatic carboxylic acids is 1. The van der Waals surface area contributed by atoms with Crippen LogP contribution in [0.15, 0.2) is 0 Å². The zero-order valence-corrected chi connectivity index (χ0v) is 14.7. The lowest BCUT2D eigenvalue weighted by Crippen LogP contribution is -2.70. The van der Waals surface area contributed by atoms with Crippen LogP contribution in [0.25, 0.3) is 0 Å². The molecule has 2 unspecified atom stereocenters. The molecule has 0 aromatic heterocycles. The molecule has 0 bridgehead atoms. The van der Waals surface area contributed by atoms with Gasteiger partial charge in [0, 0.05) is 6.92 Å². The normalized spacial score (nSPS) is 34.5. The smallest absolute Gasteiger partial charge is 0.334 e. The number of carbonyl (C=O) groups is 2. The average Bonchev–Trinajstić information content (AvgIpc) is 2.75. The number of aliphatic hydroxyl groups excluding tert-OH is 1. The predicted molar refractivity (Wildman–Crippen MR) is 85.0 cm³/mol. The van der Waals surface area contributed by atoms with E-state index in [9.17, 15) is 25.1 Å². The molecule has 23 heavy (non-hydrogen) atoms. The maximum absolute atomic E-state index is 12.4. The molecule has 2 saturated heterocycles. The van der Waals surface area contributed by atoms with E-state index in [1.165, 1.54) is 16.7 Å². The van der Waals surface area contributed by atoms with Gasteiger partial charge in [-0.3, -0.25) is 9.28 Å². The second-order valence-corrected chi connectivity index (χ2v) is 7.95. The number of β-lactam (4-membered cyclic amide) rings is 1. The van der Waals surface area contributed by atoms with Gasteiger partial charge in [0.05, 0.1) is 30.5 Å². The number of carboxylic acids is 1. The van der Waals surface area contributed by atoms with Crippen molar-refractivity contribution < 1.29 is 24.3 Å². The topological polar surface area (TPSA) is 102 Å². The molecule has 128 valence electrons. The number of thioether (sulfide) groups is 1. The molecule has 0 aliphatic carbocycles. The van der Waals surface area contributed by atoms with Crippen molar-refractivity contribution in [2.45, 2.75) is 50.1 Å². The number of carboxylic acid groups (broad SMARTS) is 1. The van der Waals surface area contributed by atoms with Crippen LogP contribution in [0.3, 0.4) is 0 Å². The molecule has 0 aromatic carbocycles. The van der Waals surface area contributed by atoms with Gasteiger partial charge in [0.2, 0.25) is 5.91 Å². The van der Waals surface area contributed by atoms with E-state index in [0.717, 1.165) is 0 Å². The Balaban J connectivity index is 2.51. The molecular formula is C15H24N3O4S+. The van der Waals surface area contributed by atoms with Crippen LogP contribution in [-0.4, -0.2) is 73.5 Å². The molecule has 2 aliphatic heterocycles. The van der Waals surface area contributed by atoms with Crippen molar-refractivity contribution >= 4 is 23.6 Å². The first-order chi connectivity index (χ1) is 10.7. The summed E-state index contributed by atoms with van der Waals surface area (Å²) in [5.41, 5.74) is 0. The Morgan fingerprint density at radius 1 is 1.52 bits per heavy atom. The molecule has 0 aromatic rings. The number of rotatable bonds is 6. The molecule has 2 rings (SSSR count). The summed E-state index contributed by atoms with van der Waals surface area (Å²) < 4.78 is 0.304. The Bertz CT molecular complexity index is 557. The maximum atomic E-state index is 12.4. The van der Waals surface area contributed by atoms with Crippen LogP contribution in [0.4, 0.5) is 0 Å². The van der Waals surface area contributed by atoms with Crippen LogP contribution in [0.2, 0.25) is 0 Å². The highest BCUT2D eigenvalue weighted by molar-refractivity contribution is 8.01. The highest BCUT2D eigenvalue weighted by Gasteiger charge is 2.72. The van der Waals surface area contributed by atoms with Crippen molar-refractivity contribution in [3.63, 3.8) is 0 Å². The van der Waals surface area contributed by atoms with Gasteiger partial charge in [0.15, 0.2) is 17.5 Å². The highest BCUT2D eigenvalue weighted by atomic mass is 32.2. The lowest BCUT2D eigenvalue weighted by molar-refractivity contribution is -0.950. The zero-order chi connectivity index (χ0) is 17.6. The fraction of sp³-hybridized carbons (Fsp3) is 0.800. The molecule has 0 saturated carbocycles. The van der Waals surface area contributed by atoms with Gasteiger partial charge >= 0.3 is 5.97 Å². The lowest BCUT2D eigenvalue weighted by Gasteiger charge is -2.49. The van der Waals surface area contributed by atoms with Gasteiger partial charge in [-0.1, -0.05) is 11.8 Å². The van der Waals surface area contributed by atoms with Crippen molar-refractivity contribution in [2.75, 3.05) is 19.6 Å². The van der Waals surface area contributed by atoms with E-state index in [-0.39, 0.29) is 17.8 Å². The van der Waals surface area contributed by atoms with Crippen LogP contribution in [0.1, 0.15) is 27.7 Å². The molecule has 0 radical (unpaired) electrons. The lowest BCUT2D eigenvalue weighted by atomic mass is 9.89. The minimum absolute atomic E-state index is 0.189. The van der Waals surface area contributed by atoms with E-state index in [4.69, 9.17) is 0 Å². The highest BCUT2D eigenvalue weighted by Crippen LogP contribution is 2.57. The molecule has 2 aliphatic rings. The number of quaternary nitrogens is 1. The fourth-order valence-electron chi connectivity index (χ4n) is 4.01. The van der Waals surface area contributed by atoms with E-state index in [2.05, 4.69) is 6.07 Å². The number of hydrogen-bond acceptors (Lipinski definition) is 5. The summed E-state index contributed by atoms with van der Waals surface area (Å²) >= 11 is 1.42. The second kappa shape index (κ2) is 5.96. The van der Waals surface area contributed by atoms with Crippen LogP contribution in [0, 0.1) is 17.2 Å². The van der Waals surface area contributed by atoms with Crippen LogP contribution < -0.4 is 0 Å². The van der Waals surface area contributed by atoms with E-state index < -0.39 is 28.9 Å². The van der Waals surface area contributed by atoms with Crippen LogP contribution in [0.5, 0.6) is 0 Å². The monoisotopic (exact) mass is 342 g/mol. The van der Waals surface area contributed by atoms with Crippen molar-refractivity contribution in [3.05, 3.63) is 0 Å². The zero-order valence-electron chi connectivity index (χ0n) is 13.9. The van der Waals surface area contributed by atoms with Gasteiger partial charge in [0.1, 0.15) is 6.07 Å². The molecule has 2 heterocycles. The maximum Gasteiger partial charge on any atom is 0.334 e. The van der Waals surface area contributed by atoms with Crippen LogP contribution in [-0.2, 0) is 9.59 Å². The van der Waals surface area contributed by atoms with Gasteiger partial charge in [-0.2, -0.15) is 5.26 Å². The summed E-state index contributed by atoms with van der Waals surface area (Å²) in [6.45, 7) is 8.67. The van der Waals surface area contributed by atoms with Gasteiger partial charge in [-0.25, -0.2) is 4.79 Å². The van der Waals surface area contributed by atoms with E-state index in [0.29, 0.717) is 17.6 Å². The number of nitriles is 1. The van der Waals surface area contributed by atoms with E-state index >= 15 is 0 Å². The summed E-state index contributed by atoms with van der Waals surface area (Å²) in [5, 5.41) is 28.5. The number of fused-ring (bicyclic) bond motifs is 1. The number of likely N-dealkylation sites (N-methyl/N-ethyl adjacent to an activating group) is 1. The Kier molecular flexibility index (Phi) is 4.68. The number of nitrogens with zero attached hydrogens (tertiary/aromatic N) is 3. The summed E-state index contributed by atoms with van der Waals surface area (Å²) in [4.78, 5) is 24.9. The van der Waals surface area contributed by atoms with Crippen molar-refractivity contribution in [1.82, 2.24) is 4.90 Å². The Morgan fingerprint density at radius 3 is 2.48 bits per heavy atom. The molecule has 5 atom stereocenters. The third-order valence-corrected chi connectivity index (χ3v) is 7.39. The molecular weight excluding hydrogens is 318 g/mol. The van der Waals surface area contributed by atoms with Crippen molar-refractivity contribution in [3.8, 4) is 6.07 Å². The third-order valence-electron chi connectivity index (χ3n) is 5.55. The van der Waals surface area contributed by atoms with Gasteiger partial charge in [0.25, 0.3) is 0 Å². The summed E-state index contributed by atoms with van der Waals surface area (Å²) in [7, 11) is 0. The third kappa shape index (κ3) is 2.25. The van der Waals surface area contributed by atoms with E-state index in [1.807, 2.05) is 20.8 Å². The number of aliphatic hydroxyl groups is 1.